The van der Waals surface area contributed by atoms with Crippen LogP contribution < -0.4 is 10.6 Å². The van der Waals surface area contributed by atoms with Crippen molar-refractivity contribution in [2.75, 3.05) is 45.8 Å². The molecule has 0 saturated carbocycles. The number of piperazine rings is 1. The molecular formula is C16H31N3. The van der Waals surface area contributed by atoms with Crippen LogP contribution in [0, 0.1) is 17.8 Å². The molecule has 1 fully saturated rings. The van der Waals surface area contributed by atoms with Gasteiger partial charge < -0.3 is 10.6 Å². The van der Waals surface area contributed by atoms with Crippen molar-refractivity contribution in [3.63, 3.8) is 0 Å². The summed E-state index contributed by atoms with van der Waals surface area (Å²) >= 11 is 0. The lowest BCUT2D eigenvalue weighted by molar-refractivity contribution is 0.227. The van der Waals surface area contributed by atoms with Crippen molar-refractivity contribution in [2.24, 2.45) is 17.8 Å². The van der Waals surface area contributed by atoms with E-state index >= 15 is 0 Å². The Kier molecular flexibility index (Phi) is 5.86. The average Bonchev–Trinajstić information content (AvgIpc) is 2.38. The zero-order valence-electron chi connectivity index (χ0n) is 12.9. The molecule has 1 aliphatic heterocycles. The van der Waals surface area contributed by atoms with Gasteiger partial charge in [-0.25, -0.2) is 0 Å². The van der Waals surface area contributed by atoms with E-state index in [0.29, 0.717) is 0 Å². The molecule has 3 heteroatoms. The molecular weight excluding hydrogens is 234 g/mol. The monoisotopic (exact) mass is 265 g/mol. The second-order valence-corrected chi connectivity index (χ2v) is 6.51. The van der Waals surface area contributed by atoms with Gasteiger partial charge in [0.1, 0.15) is 0 Å². The summed E-state index contributed by atoms with van der Waals surface area (Å²) in [5.74, 6) is 2.37. The van der Waals surface area contributed by atoms with Crippen LogP contribution in [0.15, 0.2) is 11.6 Å². The minimum absolute atomic E-state index is 0.732. The molecule has 0 radical (unpaired) electrons. The van der Waals surface area contributed by atoms with E-state index in [1.165, 1.54) is 32.6 Å². The van der Waals surface area contributed by atoms with E-state index in [-0.39, 0.29) is 0 Å². The second kappa shape index (κ2) is 7.41. The third-order valence-corrected chi connectivity index (χ3v) is 4.79. The minimum Gasteiger partial charge on any atom is -0.315 e. The molecule has 1 aliphatic carbocycles. The summed E-state index contributed by atoms with van der Waals surface area (Å²) in [6, 6.07) is 0. The van der Waals surface area contributed by atoms with E-state index in [1.807, 2.05) is 0 Å². The number of nitrogens with zero attached hydrogens (tertiary/aromatic N) is 1. The van der Waals surface area contributed by atoms with Gasteiger partial charge in [-0.3, -0.25) is 4.90 Å². The number of hydrogen-bond donors (Lipinski definition) is 2. The second-order valence-electron chi connectivity index (χ2n) is 6.51. The Morgan fingerprint density at radius 1 is 1.32 bits per heavy atom. The standard InChI is InChI=1S/C16H31N3/c1-13-10-14(2)16(15(3)11-13)12-18-6-9-19-7-4-17-5-8-19/h10,14-18H,4-9,11-12H2,1-3H3/t14-,15-,16+/m0/s1. The molecule has 0 bridgehead atoms. The van der Waals surface area contributed by atoms with Crippen molar-refractivity contribution in [3.05, 3.63) is 11.6 Å². The van der Waals surface area contributed by atoms with E-state index in [4.69, 9.17) is 0 Å². The molecule has 0 amide bonds. The molecule has 1 saturated heterocycles. The Balaban J connectivity index is 1.64. The molecule has 110 valence electrons. The normalized spacial score (nSPS) is 33.2. The summed E-state index contributed by atoms with van der Waals surface area (Å²) in [6.45, 7) is 15.3. The molecule has 2 aliphatic rings. The number of allylic oxidation sites excluding steroid dienone is 2. The summed E-state index contributed by atoms with van der Waals surface area (Å²) in [5.41, 5.74) is 1.58. The van der Waals surface area contributed by atoms with E-state index in [0.717, 1.165) is 37.4 Å². The molecule has 0 spiro atoms. The largest absolute Gasteiger partial charge is 0.315 e. The lowest BCUT2D eigenvalue weighted by atomic mass is 9.75. The van der Waals surface area contributed by atoms with Gasteiger partial charge in [0.15, 0.2) is 0 Å². The van der Waals surface area contributed by atoms with Gasteiger partial charge in [0.2, 0.25) is 0 Å². The van der Waals surface area contributed by atoms with Crippen LogP contribution in [-0.4, -0.2) is 50.7 Å². The van der Waals surface area contributed by atoms with Crippen molar-refractivity contribution < 1.29 is 0 Å². The third-order valence-electron chi connectivity index (χ3n) is 4.79. The quantitative estimate of drug-likeness (QED) is 0.585. The molecule has 0 unspecified atom stereocenters. The number of nitrogens with one attached hydrogen (secondary N) is 2. The zero-order valence-corrected chi connectivity index (χ0v) is 12.9. The van der Waals surface area contributed by atoms with Crippen LogP contribution in [0.2, 0.25) is 0 Å². The maximum atomic E-state index is 3.69. The van der Waals surface area contributed by atoms with Crippen molar-refractivity contribution in [2.45, 2.75) is 27.2 Å². The first-order chi connectivity index (χ1) is 9.16. The average molecular weight is 265 g/mol. The lowest BCUT2D eigenvalue weighted by Crippen LogP contribution is -2.46. The van der Waals surface area contributed by atoms with Crippen LogP contribution in [0.3, 0.4) is 0 Å². The van der Waals surface area contributed by atoms with Gasteiger partial charge >= 0.3 is 0 Å². The van der Waals surface area contributed by atoms with Gasteiger partial charge in [-0.1, -0.05) is 25.5 Å². The van der Waals surface area contributed by atoms with Crippen LogP contribution in [0.5, 0.6) is 0 Å². The molecule has 0 aromatic heterocycles. The fourth-order valence-corrected chi connectivity index (χ4v) is 3.65. The highest BCUT2D eigenvalue weighted by Crippen LogP contribution is 2.32. The van der Waals surface area contributed by atoms with Crippen molar-refractivity contribution >= 4 is 0 Å². The summed E-state index contributed by atoms with van der Waals surface area (Å²) in [7, 11) is 0. The van der Waals surface area contributed by atoms with Crippen molar-refractivity contribution in [3.8, 4) is 0 Å². The van der Waals surface area contributed by atoms with Gasteiger partial charge in [-0.15, -0.1) is 0 Å². The fourth-order valence-electron chi connectivity index (χ4n) is 3.65. The van der Waals surface area contributed by atoms with Crippen LogP contribution in [-0.2, 0) is 0 Å². The molecule has 3 nitrogen and oxygen atoms in total. The Morgan fingerprint density at radius 2 is 2.05 bits per heavy atom. The van der Waals surface area contributed by atoms with Crippen LogP contribution in [0.4, 0.5) is 0 Å². The van der Waals surface area contributed by atoms with Crippen molar-refractivity contribution in [1.29, 1.82) is 0 Å². The molecule has 0 aromatic carbocycles. The molecule has 0 aromatic rings. The highest BCUT2D eigenvalue weighted by atomic mass is 15.2. The number of hydrogen-bond acceptors (Lipinski definition) is 3. The fraction of sp³-hybridized carbons (Fsp3) is 0.875. The van der Waals surface area contributed by atoms with E-state index in [2.05, 4.69) is 42.4 Å². The van der Waals surface area contributed by atoms with Crippen LogP contribution in [0.1, 0.15) is 27.2 Å². The predicted molar refractivity (Wildman–Crippen MR) is 82.4 cm³/mol. The van der Waals surface area contributed by atoms with Gasteiger partial charge in [0.25, 0.3) is 0 Å². The first kappa shape index (κ1) is 15.0. The summed E-state index contributed by atoms with van der Waals surface area (Å²) in [4.78, 5) is 2.56. The van der Waals surface area contributed by atoms with Gasteiger partial charge in [0, 0.05) is 39.3 Å². The lowest BCUT2D eigenvalue weighted by Gasteiger charge is -2.33. The van der Waals surface area contributed by atoms with Gasteiger partial charge in [0.05, 0.1) is 0 Å². The Hall–Kier alpha value is -0.380. The van der Waals surface area contributed by atoms with E-state index in [1.54, 1.807) is 5.57 Å². The van der Waals surface area contributed by atoms with Crippen LogP contribution >= 0.6 is 0 Å². The molecule has 3 atom stereocenters. The SMILES string of the molecule is CC1=C[C@H](C)[C@@H](CNCCN2CCNCC2)[C@@H](C)C1. The van der Waals surface area contributed by atoms with Crippen molar-refractivity contribution in [1.82, 2.24) is 15.5 Å². The summed E-state index contributed by atoms with van der Waals surface area (Å²) in [5, 5.41) is 7.09. The zero-order chi connectivity index (χ0) is 13.7. The highest BCUT2D eigenvalue weighted by molar-refractivity contribution is 5.08. The third kappa shape index (κ3) is 4.59. The smallest absolute Gasteiger partial charge is 0.0108 e. The van der Waals surface area contributed by atoms with E-state index in [9.17, 15) is 0 Å². The Bertz CT molecular complexity index is 294. The Morgan fingerprint density at radius 3 is 2.74 bits per heavy atom. The van der Waals surface area contributed by atoms with Crippen LogP contribution in [0.25, 0.3) is 0 Å². The molecule has 1 heterocycles. The first-order valence-corrected chi connectivity index (χ1v) is 7.98. The molecule has 2 rings (SSSR count). The maximum absolute atomic E-state index is 3.69. The molecule has 19 heavy (non-hydrogen) atoms. The topological polar surface area (TPSA) is 27.3 Å². The minimum atomic E-state index is 0.732. The first-order valence-electron chi connectivity index (χ1n) is 7.98. The Labute approximate surface area is 118 Å². The maximum Gasteiger partial charge on any atom is 0.0108 e. The summed E-state index contributed by atoms with van der Waals surface area (Å²) < 4.78 is 0. The van der Waals surface area contributed by atoms with E-state index < -0.39 is 0 Å². The highest BCUT2D eigenvalue weighted by Gasteiger charge is 2.26. The molecule has 2 N–H and O–H groups in total. The van der Waals surface area contributed by atoms with Gasteiger partial charge in [-0.05, 0) is 37.6 Å². The summed E-state index contributed by atoms with van der Waals surface area (Å²) in [6.07, 6.45) is 3.76. The van der Waals surface area contributed by atoms with Gasteiger partial charge in [-0.2, -0.15) is 0 Å². The predicted octanol–water partition coefficient (Wildman–Crippen LogP) is 1.72. The number of rotatable bonds is 5.